The summed E-state index contributed by atoms with van der Waals surface area (Å²) in [7, 11) is 0. The van der Waals surface area contributed by atoms with Gasteiger partial charge in [0.1, 0.15) is 11.6 Å². The van der Waals surface area contributed by atoms with Gasteiger partial charge < -0.3 is 10.1 Å². The third-order valence-electron chi connectivity index (χ3n) is 3.17. The summed E-state index contributed by atoms with van der Waals surface area (Å²) in [6, 6.07) is 6.21. The predicted molar refractivity (Wildman–Crippen MR) is 83.1 cm³/mol. The van der Waals surface area contributed by atoms with Crippen LogP contribution in [-0.4, -0.2) is 23.4 Å². The first kappa shape index (κ1) is 18.0. The standard InChI is InChI=1S/C16H12F2N2O5/c1-9-6-10(2-5-14(9)20(23)24)16(22)25-8-15(21)19-13-4-3-11(17)7-12(13)18/h2-7H,8H2,1H3,(H,19,21). The Morgan fingerprint density at radius 2 is 1.92 bits per heavy atom. The van der Waals surface area contributed by atoms with Gasteiger partial charge in [0, 0.05) is 17.7 Å². The lowest BCUT2D eigenvalue weighted by atomic mass is 10.1. The van der Waals surface area contributed by atoms with Crippen molar-refractivity contribution in [3.63, 3.8) is 0 Å². The Labute approximate surface area is 140 Å². The molecule has 2 aromatic rings. The number of nitrogens with one attached hydrogen (secondary N) is 1. The molecule has 0 bridgehead atoms. The third kappa shape index (κ3) is 4.56. The van der Waals surface area contributed by atoms with Crippen molar-refractivity contribution in [3.8, 4) is 0 Å². The fourth-order valence-electron chi connectivity index (χ4n) is 1.98. The summed E-state index contributed by atoms with van der Waals surface area (Å²) >= 11 is 0. The number of esters is 1. The Morgan fingerprint density at radius 1 is 1.20 bits per heavy atom. The minimum atomic E-state index is -0.967. The van der Waals surface area contributed by atoms with Crippen molar-refractivity contribution < 1.29 is 28.0 Å². The number of carbonyl (C=O) groups excluding carboxylic acids is 2. The lowest BCUT2D eigenvalue weighted by molar-refractivity contribution is -0.385. The second-order valence-electron chi connectivity index (χ2n) is 5.01. The van der Waals surface area contributed by atoms with Crippen molar-refractivity contribution in [3.05, 3.63) is 69.3 Å². The second kappa shape index (κ2) is 7.47. The molecule has 0 heterocycles. The van der Waals surface area contributed by atoms with Crippen LogP contribution in [0.15, 0.2) is 36.4 Å². The number of ether oxygens (including phenoxy) is 1. The average Bonchev–Trinajstić information content (AvgIpc) is 2.54. The first-order valence-electron chi connectivity index (χ1n) is 6.95. The monoisotopic (exact) mass is 350 g/mol. The normalized spacial score (nSPS) is 10.2. The number of anilines is 1. The van der Waals surface area contributed by atoms with E-state index in [0.717, 1.165) is 18.2 Å². The maximum Gasteiger partial charge on any atom is 0.338 e. The Morgan fingerprint density at radius 3 is 2.52 bits per heavy atom. The maximum atomic E-state index is 13.4. The van der Waals surface area contributed by atoms with E-state index in [9.17, 15) is 28.5 Å². The zero-order valence-corrected chi connectivity index (χ0v) is 12.9. The summed E-state index contributed by atoms with van der Waals surface area (Å²) in [5, 5.41) is 12.9. The molecule has 2 aromatic carbocycles. The van der Waals surface area contributed by atoms with E-state index in [2.05, 4.69) is 5.32 Å². The van der Waals surface area contributed by atoms with Crippen LogP contribution in [0.4, 0.5) is 20.2 Å². The van der Waals surface area contributed by atoms with E-state index in [1.165, 1.54) is 19.1 Å². The first-order chi connectivity index (χ1) is 11.8. The molecule has 25 heavy (non-hydrogen) atoms. The molecule has 0 aliphatic rings. The van der Waals surface area contributed by atoms with Crippen LogP contribution >= 0.6 is 0 Å². The summed E-state index contributed by atoms with van der Waals surface area (Å²) in [5.41, 5.74) is -0.115. The zero-order valence-electron chi connectivity index (χ0n) is 12.9. The van der Waals surface area contributed by atoms with Crippen molar-refractivity contribution in [1.29, 1.82) is 0 Å². The number of aryl methyl sites for hydroxylation is 1. The molecule has 130 valence electrons. The van der Waals surface area contributed by atoms with Gasteiger partial charge in [-0.1, -0.05) is 0 Å². The summed E-state index contributed by atoms with van der Waals surface area (Å²) in [4.78, 5) is 33.6. The van der Waals surface area contributed by atoms with Crippen molar-refractivity contribution in [2.24, 2.45) is 0 Å². The fraction of sp³-hybridized carbons (Fsp3) is 0.125. The molecule has 0 radical (unpaired) electrons. The smallest absolute Gasteiger partial charge is 0.338 e. The lowest BCUT2D eigenvalue weighted by Gasteiger charge is -2.08. The molecule has 0 saturated heterocycles. The van der Waals surface area contributed by atoms with Crippen LogP contribution in [0.25, 0.3) is 0 Å². The van der Waals surface area contributed by atoms with E-state index in [4.69, 9.17) is 4.74 Å². The molecule has 0 aliphatic carbocycles. The number of nitro benzene ring substituents is 1. The Hall–Kier alpha value is -3.36. The van der Waals surface area contributed by atoms with E-state index in [1.54, 1.807) is 0 Å². The molecule has 0 aromatic heterocycles. The second-order valence-corrected chi connectivity index (χ2v) is 5.01. The average molecular weight is 350 g/mol. The van der Waals surface area contributed by atoms with E-state index < -0.39 is 35.0 Å². The highest BCUT2D eigenvalue weighted by Gasteiger charge is 2.16. The number of nitrogens with zero attached hydrogens (tertiary/aromatic N) is 1. The van der Waals surface area contributed by atoms with Gasteiger partial charge in [-0.15, -0.1) is 0 Å². The zero-order chi connectivity index (χ0) is 18.6. The number of nitro groups is 1. The highest BCUT2D eigenvalue weighted by Crippen LogP contribution is 2.19. The minimum Gasteiger partial charge on any atom is -0.452 e. The van der Waals surface area contributed by atoms with Gasteiger partial charge in [-0.2, -0.15) is 0 Å². The molecule has 0 spiro atoms. The molecular weight excluding hydrogens is 338 g/mol. The number of benzene rings is 2. The van der Waals surface area contributed by atoms with Gasteiger partial charge in [0.2, 0.25) is 0 Å². The Bertz CT molecular complexity index is 854. The molecule has 0 fully saturated rings. The van der Waals surface area contributed by atoms with Crippen LogP contribution in [0.5, 0.6) is 0 Å². The first-order valence-corrected chi connectivity index (χ1v) is 6.95. The van der Waals surface area contributed by atoms with Gasteiger partial charge in [0.05, 0.1) is 16.2 Å². The number of hydrogen-bond acceptors (Lipinski definition) is 5. The van der Waals surface area contributed by atoms with Gasteiger partial charge >= 0.3 is 5.97 Å². The highest BCUT2D eigenvalue weighted by molar-refractivity contribution is 5.95. The Balaban J connectivity index is 1.96. The van der Waals surface area contributed by atoms with Crippen molar-refractivity contribution in [2.75, 3.05) is 11.9 Å². The van der Waals surface area contributed by atoms with Crippen LogP contribution in [0.3, 0.4) is 0 Å². The quantitative estimate of drug-likeness (QED) is 0.508. The Kier molecular flexibility index (Phi) is 5.38. The fourth-order valence-corrected chi connectivity index (χ4v) is 1.98. The summed E-state index contributed by atoms with van der Waals surface area (Å²) in [5.74, 6) is -3.45. The molecule has 1 N–H and O–H groups in total. The third-order valence-corrected chi connectivity index (χ3v) is 3.17. The van der Waals surface area contributed by atoms with Crippen molar-refractivity contribution >= 4 is 23.3 Å². The van der Waals surface area contributed by atoms with E-state index in [0.29, 0.717) is 6.07 Å². The molecule has 7 nitrogen and oxygen atoms in total. The SMILES string of the molecule is Cc1cc(C(=O)OCC(=O)Nc2ccc(F)cc2F)ccc1[N+](=O)[O-]. The summed E-state index contributed by atoms with van der Waals surface area (Å²) in [6.45, 7) is 0.755. The minimum absolute atomic E-state index is 0.0314. The van der Waals surface area contributed by atoms with Gasteiger partial charge in [-0.3, -0.25) is 14.9 Å². The summed E-state index contributed by atoms with van der Waals surface area (Å²) in [6.07, 6.45) is 0. The molecule has 2 rings (SSSR count). The predicted octanol–water partition coefficient (Wildman–Crippen LogP) is 2.98. The molecule has 0 unspecified atom stereocenters. The lowest BCUT2D eigenvalue weighted by Crippen LogP contribution is -2.21. The number of hydrogen-bond donors (Lipinski definition) is 1. The number of halogens is 2. The molecule has 0 atom stereocenters. The maximum absolute atomic E-state index is 13.4. The topological polar surface area (TPSA) is 98.5 Å². The van der Waals surface area contributed by atoms with Gasteiger partial charge in [0.25, 0.3) is 11.6 Å². The largest absolute Gasteiger partial charge is 0.452 e. The van der Waals surface area contributed by atoms with Crippen LogP contribution in [0.2, 0.25) is 0 Å². The van der Waals surface area contributed by atoms with E-state index in [1.807, 2.05) is 0 Å². The van der Waals surface area contributed by atoms with Crippen molar-refractivity contribution in [2.45, 2.75) is 6.92 Å². The summed E-state index contributed by atoms with van der Waals surface area (Å²) < 4.78 is 30.9. The van der Waals surface area contributed by atoms with Crippen LogP contribution in [-0.2, 0) is 9.53 Å². The van der Waals surface area contributed by atoms with E-state index >= 15 is 0 Å². The molecule has 1 amide bonds. The highest BCUT2D eigenvalue weighted by atomic mass is 19.1. The molecular formula is C16H12F2N2O5. The molecule has 0 saturated carbocycles. The number of rotatable bonds is 5. The number of carbonyl (C=O) groups is 2. The molecule has 0 aliphatic heterocycles. The van der Waals surface area contributed by atoms with Gasteiger partial charge in [-0.05, 0) is 31.2 Å². The van der Waals surface area contributed by atoms with Crippen LogP contribution in [0, 0.1) is 28.7 Å². The van der Waals surface area contributed by atoms with Gasteiger partial charge in [-0.25, -0.2) is 13.6 Å². The van der Waals surface area contributed by atoms with Crippen LogP contribution < -0.4 is 5.32 Å². The van der Waals surface area contributed by atoms with Crippen LogP contribution in [0.1, 0.15) is 15.9 Å². The number of amides is 1. The van der Waals surface area contributed by atoms with Crippen molar-refractivity contribution in [1.82, 2.24) is 0 Å². The van der Waals surface area contributed by atoms with E-state index in [-0.39, 0.29) is 22.5 Å². The molecule has 9 heteroatoms. The van der Waals surface area contributed by atoms with Gasteiger partial charge in [0.15, 0.2) is 6.61 Å².